The Kier molecular flexibility index (Phi) is 6.62. The second kappa shape index (κ2) is 6.64. The Morgan fingerprint density at radius 1 is 1.25 bits per heavy atom. The molecule has 16 heavy (non-hydrogen) atoms. The van der Waals surface area contributed by atoms with E-state index in [0.717, 1.165) is 0 Å². The van der Waals surface area contributed by atoms with E-state index in [1.54, 1.807) is 0 Å². The van der Waals surface area contributed by atoms with Gasteiger partial charge in [-0.15, -0.1) is 12.4 Å². The van der Waals surface area contributed by atoms with Crippen LogP contribution in [0.5, 0.6) is 0 Å². The second-order valence-electron chi connectivity index (χ2n) is 2.76. The highest BCUT2D eigenvalue weighted by molar-refractivity contribution is 7.89. The highest BCUT2D eigenvalue weighted by Gasteiger charge is 2.14. The van der Waals surface area contributed by atoms with Gasteiger partial charge in [-0.2, -0.15) is 0 Å². The molecule has 4 nitrogen and oxygen atoms in total. The van der Waals surface area contributed by atoms with Crippen molar-refractivity contribution in [3.05, 3.63) is 28.2 Å². The maximum atomic E-state index is 11.6. The fourth-order valence-electron chi connectivity index (χ4n) is 0.921. The summed E-state index contributed by atoms with van der Waals surface area (Å²) in [5, 5.41) is 0.515. The molecule has 0 aromatic heterocycles. The first kappa shape index (κ1) is 16.0. The summed E-state index contributed by atoms with van der Waals surface area (Å²) in [6.07, 6.45) is 0. The molecule has 8 heteroatoms. The molecule has 0 radical (unpaired) electrons. The predicted octanol–water partition coefficient (Wildman–Crippen LogP) is 1.65. The quantitative estimate of drug-likeness (QED) is 0.888. The van der Waals surface area contributed by atoms with E-state index >= 15 is 0 Å². The first-order valence-corrected chi connectivity index (χ1v) is 6.36. The normalized spacial score (nSPS) is 10.9. The molecule has 0 saturated heterocycles. The lowest BCUT2D eigenvalue weighted by molar-refractivity contribution is 0.582. The fraction of sp³-hybridized carbons (Fsp3) is 0.250. The Morgan fingerprint density at radius 2 is 1.88 bits per heavy atom. The van der Waals surface area contributed by atoms with Gasteiger partial charge in [-0.1, -0.05) is 23.2 Å². The average Bonchev–Trinajstić information content (AvgIpc) is 2.19. The van der Waals surface area contributed by atoms with Crippen molar-refractivity contribution in [2.45, 2.75) is 4.90 Å². The molecule has 1 aromatic rings. The number of rotatable bonds is 4. The molecule has 0 aliphatic rings. The predicted molar refractivity (Wildman–Crippen MR) is 68.0 cm³/mol. The lowest BCUT2D eigenvalue weighted by Crippen LogP contribution is -2.29. The molecule has 0 spiro atoms. The fourth-order valence-corrected chi connectivity index (χ4v) is 2.36. The van der Waals surface area contributed by atoms with Gasteiger partial charge in [-0.05, 0) is 18.2 Å². The zero-order valence-electron chi connectivity index (χ0n) is 8.11. The molecule has 0 heterocycles. The first-order chi connectivity index (χ1) is 6.97. The van der Waals surface area contributed by atoms with Crippen LogP contribution in [0.15, 0.2) is 23.1 Å². The molecule has 0 unspecified atom stereocenters. The molecule has 3 N–H and O–H groups in total. The van der Waals surface area contributed by atoms with Gasteiger partial charge in [0.15, 0.2) is 0 Å². The van der Waals surface area contributed by atoms with Gasteiger partial charge in [0.2, 0.25) is 10.0 Å². The van der Waals surface area contributed by atoms with E-state index in [2.05, 4.69) is 4.72 Å². The summed E-state index contributed by atoms with van der Waals surface area (Å²) in [6.45, 7) is 0.420. The number of nitrogens with two attached hydrogens (primary N) is 1. The third-order valence-corrected chi connectivity index (χ3v) is 3.84. The zero-order chi connectivity index (χ0) is 11.5. The van der Waals surface area contributed by atoms with E-state index in [4.69, 9.17) is 28.9 Å². The summed E-state index contributed by atoms with van der Waals surface area (Å²) in [7, 11) is -3.53. The smallest absolute Gasteiger partial charge is 0.240 e. The molecule has 1 rings (SSSR count). The summed E-state index contributed by atoms with van der Waals surface area (Å²) in [5.41, 5.74) is 5.19. The molecular weight excluding hydrogens is 295 g/mol. The highest BCUT2D eigenvalue weighted by Crippen LogP contribution is 2.24. The van der Waals surface area contributed by atoms with E-state index in [9.17, 15) is 8.42 Å². The topological polar surface area (TPSA) is 72.2 Å². The average molecular weight is 306 g/mol. The number of hydrogen-bond acceptors (Lipinski definition) is 3. The molecule has 92 valence electrons. The number of sulfonamides is 1. The summed E-state index contributed by atoms with van der Waals surface area (Å²) in [6, 6.07) is 4.11. The Morgan fingerprint density at radius 3 is 2.38 bits per heavy atom. The first-order valence-electron chi connectivity index (χ1n) is 4.12. The van der Waals surface area contributed by atoms with Gasteiger partial charge in [-0.25, -0.2) is 13.1 Å². The number of benzene rings is 1. The molecule has 0 saturated carbocycles. The molecule has 1 aromatic carbocycles. The van der Waals surface area contributed by atoms with Crippen molar-refractivity contribution in [2.24, 2.45) is 5.73 Å². The van der Waals surface area contributed by atoms with Crippen LogP contribution < -0.4 is 10.5 Å². The summed E-state index contributed by atoms with van der Waals surface area (Å²) in [5.74, 6) is 0. The molecule has 0 aliphatic carbocycles. The minimum absolute atomic E-state index is 0. The van der Waals surface area contributed by atoms with Crippen molar-refractivity contribution < 1.29 is 8.42 Å². The van der Waals surface area contributed by atoms with Crippen LogP contribution >= 0.6 is 35.6 Å². The third-order valence-electron chi connectivity index (χ3n) is 1.64. The van der Waals surface area contributed by atoms with Crippen LogP contribution in [-0.2, 0) is 10.0 Å². The SMILES string of the molecule is Cl.NCCNS(=O)(=O)c1ccc(Cl)c(Cl)c1. The molecule has 0 aliphatic heterocycles. The number of halogens is 3. The van der Waals surface area contributed by atoms with Gasteiger partial charge >= 0.3 is 0 Å². The van der Waals surface area contributed by atoms with Crippen LogP contribution in [0, 0.1) is 0 Å². The van der Waals surface area contributed by atoms with Crippen molar-refractivity contribution in [3.8, 4) is 0 Å². The largest absolute Gasteiger partial charge is 0.329 e. The summed E-state index contributed by atoms with van der Waals surface area (Å²) < 4.78 is 25.5. The third kappa shape index (κ3) is 4.08. The van der Waals surface area contributed by atoms with Crippen LogP contribution in [0.25, 0.3) is 0 Å². The van der Waals surface area contributed by atoms with Gasteiger partial charge in [0.05, 0.1) is 14.9 Å². The van der Waals surface area contributed by atoms with E-state index in [1.807, 2.05) is 0 Å². The summed E-state index contributed by atoms with van der Waals surface area (Å²) >= 11 is 11.4. The maximum Gasteiger partial charge on any atom is 0.240 e. The van der Waals surface area contributed by atoms with E-state index < -0.39 is 10.0 Å². The Labute approximate surface area is 111 Å². The number of nitrogens with one attached hydrogen (secondary N) is 1. The van der Waals surface area contributed by atoms with Crippen molar-refractivity contribution in [2.75, 3.05) is 13.1 Å². The lowest BCUT2D eigenvalue weighted by Gasteiger charge is -2.06. The van der Waals surface area contributed by atoms with Crippen LogP contribution in [0.2, 0.25) is 10.0 Å². The molecule has 0 amide bonds. The van der Waals surface area contributed by atoms with Gasteiger partial charge in [0.1, 0.15) is 0 Å². The molecule has 0 fully saturated rings. The van der Waals surface area contributed by atoms with Crippen molar-refractivity contribution in [3.63, 3.8) is 0 Å². The monoisotopic (exact) mass is 304 g/mol. The van der Waals surface area contributed by atoms with Crippen LogP contribution in [0.3, 0.4) is 0 Å². The van der Waals surface area contributed by atoms with Gasteiger partial charge in [0, 0.05) is 13.1 Å². The van der Waals surface area contributed by atoms with Gasteiger partial charge < -0.3 is 5.73 Å². The molecule has 0 atom stereocenters. The second-order valence-corrected chi connectivity index (χ2v) is 5.34. The van der Waals surface area contributed by atoms with Gasteiger partial charge in [-0.3, -0.25) is 0 Å². The lowest BCUT2D eigenvalue weighted by atomic mass is 10.4. The van der Waals surface area contributed by atoms with Crippen molar-refractivity contribution in [1.29, 1.82) is 0 Å². The van der Waals surface area contributed by atoms with Crippen LogP contribution in [-0.4, -0.2) is 21.5 Å². The Balaban J connectivity index is 0.00000225. The Bertz CT molecular complexity index is 451. The number of hydrogen-bond donors (Lipinski definition) is 2. The zero-order valence-corrected chi connectivity index (χ0v) is 11.3. The standard InChI is InChI=1S/C8H10Cl2N2O2S.ClH/c9-7-2-1-6(5-8(7)10)15(13,14)12-4-3-11;/h1-2,5,12H,3-4,11H2;1H. The maximum absolute atomic E-state index is 11.6. The Hall–Kier alpha value is -0.0400. The molecular formula is C8H11Cl3N2O2S. The van der Waals surface area contributed by atoms with E-state index in [0.29, 0.717) is 5.02 Å². The van der Waals surface area contributed by atoms with Crippen LogP contribution in [0.4, 0.5) is 0 Å². The van der Waals surface area contributed by atoms with Crippen LogP contribution in [0.1, 0.15) is 0 Å². The van der Waals surface area contributed by atoms with Crippen molar-refractivity contribution in [1.82, 2.24) is 4.72 Å². The summed E-state index contributed by atoms with van der Waals surface area (Å²) in [4.78, 5) is 0.0744. The minimum atomic E-state index is -3.53. The van der Waals surface area contributed by atoms with E-state index in [-0.39, 0.29) is 35.4 Å². The highest BCUT2D eigenvalue weighted by atomic mass is 35.5. The van der Waals surface area contributed by atoms with Crippen molar-refractivity contribution >= 4 is 45.6 Å². The molecule has 0 bridgehead atoms. The van der Waals surface area contributed by atoms with E-state index in [1.165, 1.54) is 18.2 Å². The minimum Gasteiger partial charge on any atom is -0.329 e. The van der Waals surface area contributed by atoms with Gasteiger partial charge in [0.25, 0.3) is 0 Å².